The average Bonchev–Trinajstić information content (AvgIpc) is 3.35. The van der Waals surface area contributed by atoms with E-state index >= 15 is 0 Å². The summed E-state index contributed by atoms with van der Waals surface area (Å²) in [6.07, 6.45) is 3.52. The molecule has 32 heavy (non-hydrogen) atoms. The molecule has 6 heteroatoms. The highest BCUT2D eigenvalue weighted by Gasteiger charge is 2.26. The number of nitrogens with zero attached hydrogens (tertiary/aromatic N) is 3. The van der Waals surface area contributed by atoms with Crippen molar-refractivity contribution in [2.24, 2.45) is 0 Å². The predicted molar refractivity (Wildman–Crippen MR) is 128 cm³/mol. The number of aromatic amines is 1. The van der Waals surface area contributed by atoms with Gasteiger partial charge in [0.15, 0.2) is 0 Å². The van der Waals surface area contributed by atoms with Crippen LogP contribution in [0.1, 0.15) is 19.8 Å². The molecular formula is C26H26N4O2. The van der Waals surface area contributed by atoms with E-state index in [-0.39, 0.29) is 6.03 Å². The lowest BCUT2D eigenvalue weighted by atomic mass is 10.2. The number of para-hydroxylation sites is 2. The van der Waals surface area contributed by atoms with Gasteiger partial charge in [-0.25, -0.2) is 9.69 Å². The first-order chi connectivity index (χ1) is 15.8. The number of amides is 2. The van der Waals surface area contributed by atoms with Crippen LogP contribution < -0.4 is 14.5 Å². The number of aromatic nitrogens is 2. The molecule has 1 aromatic heterocycles. The molecule has 0 radical (unpaired) electrons. The zero-order valence-electron chi connectivity index (χ0n) is 18.0. The molecule has 3 aromatic carbocycles. The van der Waals surface area contributed by atoms with E-state index in [0.717, 1.165) is 24.3 Å². The average molecular weight is 427 g/mol. The number of ether oxygens (including phenoxy) is 1. The Kier molecular flexibility index (Phi) is 6.82. The monoisotopic (exact) mass is 426 g/mol. The molecular weight excluding hydrogens is 400 g/mol. The number of H-pyrrole nitrogens is 1. The van der Waals surface area contributed by atoms with Crippen molar-refractivity contribution < 1.29 is 9.53 Å². The molecule has 4 aromatic rings. The minimum absolute atomic E-state index is 0.161. The van der Waals surface area contributed by atoms with E-state index in [9.17, 15) is 4.79 Å². The molecule has 2 amide bonds. The Bertz CT molecular complexity index is 1120. The van der Waals surface area contributed by atoms with Crippen molar-refractivity contribution in [3.05, 3.63) is 97.2 Å². The Labute approximate surface area is 188 Å². The molecule has 0 aliphatic carbocycles. The Morgan fingerprint density at radius 1 is 0.875 bits per heavy atom. The fourth-order valence-electron chi connectivity index (χ4n) is 3.42. The molecule has 0 unspecified atom stereocenters. The number of carbonyl (C=O) groups excluding carboxylic acids is 1. The van der Waals surface area contributed by atoms with Crippen LogP contribution in [0, 0.1) is 0 Å². The van der Waals surface area contributed by atoms with Crippen molar-refractivity contribution in [2.45, 2.75) is 19.8 Å². The van der Waals surface area contributed by atoms with Gasteiger partial charge >= 0.3 is 6.03 Å². The molecule has 0 saturated carbocycles. The SMILES string of the molecule is CCCCN(C(=O)N(c1cccc(Oc2ccccc2)c1)c1ccn[nH]1)c1ccccc1. The van der Waals surface area contributed by atoms with E-state index in [1.807, 2.05) is 84.9 Å². The largest absolute Gasteiger partial charge is 0.457 e. The van der Waals surface area contributed by atoms with E-state index in [4.69, 9.17) is 4.74 Å². The summed E-state index contributed by atoms with van der Waals surface area (Å²) in [7, 11) is 0. The second-order valence-electron chi connectivity index (χ2n) is 7.31. The zero-order chi connectivity index (χ0) is 22.2. The van der Waals surface area contributed by atoms with Crippen LogP contribution in [-0.2, 0) is 0 Å². The van der Waals surface area contributed by atoms with Crippen LogP contribution in [0.4, 0.5) is 22.0 Å². The standard InChI is InChI=1S/C26H26N4O2/c1-2-3-19-29(21-11-6-4-7-12-21)26(31)30(25-17-18-27-28-25)22-13-10-16-24(20-22)32-23-14-8-5-9-15-23/h4-18,20H,2-3,19H2,1H3,(H,27,28). The summed E-state index contributed by atoms with van der Waals surface area (Å²) in [5, 5.41) is 7.00. The number of rotatable bonds is 8. The Balaban J connectivity index is 1.70. The normalized spacial score (nSPS) is 10.5. The number of unbranched alkanes of at least 4 members (excludes halogenated alkanes) is 1. The van der Waals surface area contributed by atoms with E-state index in [0.29, 0.717) is 23.8 Å². The van der Waals surface area contributed by atoms with Crippen LogP contribution in [-0.4, -0.2) is 22.8 Å². The highest BCUT2D eigenvalue weighted by atomic mass is 16.5. The molecule has 4 rings (SSSR count). The third kappa shape index (κ3) is 4.98. The summed E-state index contributed by atoms with van der Waals surface area (Å²) in [5.41, 5.74) is 1.54. The first-order valence-corrected chi connectivity index (χ1v) is 10.8. The third-order valence-corrected chi connectivity index (χ3v) is 5.01. The molecule has 0 spiro atoms. The van der Waals surface area contributed by atoms with E-state index in [1.165, 1.54) is 0 Å². The fraction of sp³-hybridized carbons (Fsp3) is 0.154. The molecule has 0 aliphatic rings. The molecule has 1 N–H and O–H groups in total. The summed E-state index contributed by atoms with van der Waals surface area (Å²) >= 11 is 0. The second-order valence-corrected chi connectivity index (χ2v) is 7.31. The van der Waals surface area contributed by atoms with Gasteiger partial charge in [0.2, 0.25) is 0 Å². The molecule has 6 nitrogen and oxygen atoms in total. The fourth-order valence-corrected chi connectivity index (χ4v) is 3.42. The maximum atomic E-state index is 13.9. The van der Waals surface area contributed by atoms with Gasteiger partial charge < -0.3 is 4.74 Å². The number of hydrogen-bond donors (Lipinski definition) is 1. The molecule has 0 atom stereocenters. The van der Waals surface area contributed by atoms with Gasteiger partial charge in [-0.1, -0.05) is 55.8 Å². The highest BCUT2D eigenvalue weighted by molar-refractivity contribution is 6.08. The lowest BCUT2D eigenvalue weighted by Crippen LogP contribution is -2.42. The predicted octanol–water partition coefficient (Wildman–Crippen LogP) is 6.77. The van der Waals surface area contributed by atoms with Crippen molar-refractivity contribution >= 4 is 23.2 Å². The van der Waals surface area contributed by atoms with Gasteiger partial charge in [0.1, 0.15) is 17.3 Å². The molecule has 0 fully saturated rings. The quantitative estimate of drug-likeness (QED) is 0.338. The number of benzene rings is 3. The van der Waals surface area contributed by atoms with E-state index in [2.05, 4.69) is 17.1 Å². The summed E-state index contributed by atoms with van der Waals surface area (Å²) in [6.45, 7) is 2.73. The van der Waals surface area contributed by atoms with Gasteiger partial charge in [0.25, 0.3) is 0 Å². The minimum atomic E-state index is -0.161. The maximum Gasteiger partial charge on any atom is 0.334 e. The Morgan fingerprint density at radius 2 is 1.56 bits per heavy atom. The topological polar surface area (TPSA) is 61.5 Å². The second kappa shape index (κ2) is 10.3. The zero-order valence-corrected chi connectivity index (χ0v) is 18.0. The minimum Gasteiger partial charge on any atom is -0.457 e. The number of hydrogen-bond acceptors (Lipinski definition) is 3. The maximum absolute atomic E-state index is 13.9. The Morgan fingerprint density at radius 3 is 2.25 bits per heavy atom. The van der Waals surface area contributed by atoms with Crippen LogP contribution in [0.3, 0.4) is 0 Å². The summed E-state index contributed by atoms with van der Waals surface area (Å²) in [4.78, 5) is 17.3. The molecule has 0 aliphatic heterocycles. The Hall–Kier alpha value is -4.06. The van der Waals surface area contributed by atoms with E-state index < -0.39 is 0 Å². The van der Waals surface area contributed by atoms with Crippen molar-refractivity contribution in [1.29, 1.82) is 0 Å². The number of anilines is 3. The summed E-state index contributed by atoms with van der Waals surface area (Å²) in [5.74, 6) is 1.97. The van der Waals surface area contributed by atoms with Crippen LogP contribution >= 0.6 is 0 Å². The van der Waals surface area contributed by atoms with Crippen LogP contribution in [0.5, 0.6) is 11.5 Å². The lowest BCUT2D eigenvalue weighted by molar-refractivity contribution is 0.253. The third-order valence-electron chi connectivity index (χ3n) is 5.01. The van der Waals surface area contributed by atoms with Gasteiger partial charge in [-0.05, 0) is 42.8 Å². The number of carbonyl (C=O) groups is 1. The lowest BCUT2D eigenvalue weighted by Gasteiger charge is -2.30. The molecule has 162 valence electrons. The summed E-state index contributed by atoms with van der Waals surface area (Å²) in [6, 6.07) is 28.4. The van der Waals surface area contributed by atoms with Gasteiger partial charge in [0.05, 0.1) is 11.9 Å². The van der Waals surface area contributed by atoms with Crippen LogP contribution in [0.2, 0.25) is 0 Å². The van der Waals surface area contributed by atoms with Crippen LogP contribution in [0.15, 0.2) is 97.2 Å². The van der Waals surface area contributed by atoms with Gasteiger partial charge in [0, 0.05) is 24.4 Å². The first kappa shape index (κ1) is 21.2. The van der Waals surface area contributed by atoms with Crippen molar-refractivity contribution in [2.75, 3.05) is 16.3 Å². The first-order valence-electron chi connectivity index (χ1n) is 10.8. The molecule has 0 bridgehead atoms. The number of urea groups is 1. The van der Waals surface area contributed by atoms with Crippen molar-refractivity contribution in [3.8, 4) is 11.5 Å². The molecule has 1 heterocycles. The number of nitrogens with one attached hydrogen (secondary N) is 1. The highest BCUT2D eigenvalue weighted by Crippen LogP contribution is 2.31. The van der Waals surface area contributed by atoms with Gasteiger partial charge in [-0.3, -0.25) is 10.00 Å². The van der Waals surface area contributed by atoms with Crippen molar-refractivity contribution in [1.82, 2.24) is 10.2 Å². The van der Waals surface area contributed by atoms with E-state index in [1.54, 1.807) is 22.1 Å². The van der Waals surface area contributed by atoms with Crippen molar-refractivity contribution in [3.63, 3.8) is 0 Å². The van der Waals surface area contributed by atoms with Gasteiger partial charge in [-0.15, -0.1) is 0 Å². The summed E-state index contributed by atoms with van der Waals surface area (Å²) < 4.78 is 6.00. The van der Waals surface area contributed by atoms with Crippen LogP contribution in [0.25, 0.3) is 0 Å². The molecule has 0 saturated heterocycles. The smallest absolute Gasteiger partial charge is 0.334 e. The van der Waals surface area contributed by atoms with Gasteiger partial charge in [-0.2, -0.15) is 5.10 Å².